The minimum atomic E-state index is -4.61. The van der Waals surface area contributed by atoms with Crippen LogP contribution >= 0.6 is 0 Å². The van der Waals surface area contributed by atoms with Gasteiger partial charge in [-0.05, 0) is 18.7 Å². The highest BCUT2D eigenvalue weighted by atomic mass is 19.4. The Morgan fingerprint density at radius 1 is 1.53 bits per heavy atom. The van der Waals surface area contributed by atoms with Crippen LogP contribution in [0.15, 0.2) is 18.3 Å². The van der Waals surface area contributed by atoms with Crippen LogP contribution in [0.5, 0.6) is 5.88 Å². The largest absolute Gasteiger partial charge is 0.477 e. The number of ether oxygens (including phenoxy) is 1. The average Bonchev–Trinajstić information content (AvgIpc) is 2.78. The second-order valence-corrected chi connectivity index (χ2v) is 4.18. The Labute approximate surface area is 106 Å². The first-order chi connectivity index (χ1) is 8.86. The van der Waals surface area contributed by atoms with E-state index in [0.29, 0.717) is 0 Å². The van der Waals surface area contributed by atoms with Crippen LogP contribution in [-0.4, -0.2) is 40.9 Å². The van der Waals surface area contributed by atoms with E-state index < -0.39 is 35.7 Å². The molecule has 1 aliphatic rings. The Kier molecular flexibility index (Phi) is 3.36. The second kappa shape index (κ2) is 4.69. The molecule has 104 valence electrons. The standard InChI is InChI=1S/C11H11F3N2O3/c12-11(13,14)10(3-5-15-6-10)19-8-7(9(17)18)2-1-4-16-8/h1-2,4,15H,3,5-6H2,(H,17,18). The number of nitrogens with zero attached hydrogens (tertiary/aromatic N) is 1. The highest BCUT2D eigenvalue weighted by molar-refractivity contribution is 5.90. The molecule has 0 saturated carbocycles. The number of carbonyl (C=O) groups is 1. The summed E-state index contributed by atoms with van der Waals surface area (Å²) in [5.74, 6) is -1.90. The topological polar surface area (TPSA) is 71.5 Å². The lowest BCUT2D eigenvalue weighted by Gasteiger charge is -2.31. The molecule has 1 aromatic heterocycles. The van der Waals surface area contributed by atoms with E-state index in [2.05, 4.69) is 10.3 Å². The molecule has 1 saturated heterocycles. The summed E-state index contributed by atoms with van der Waals surface area (Å²) in [5.41, 5.74) is -2.82. The number of alkyl halides is 3. The van der Waals surface area contributed by atoms with Crippen molar-refractivity contribution in [3.05, 3.63) is 23.9 Å². The van der Waals surface area contributed by atoms with E-state index in [1.165, 1.54) is 12.3 Å². The molecule has 0 aliphatic carbocycles. The Morgan fingerprint density at radius 3 is 2.79 bits per heavy atom. The predicted octanol–water partition coefficient (Wildman–Crippen LogP) is 1.45. The lowest BCUT2D eigenvalue weighted by atomic mass is 10.0. The molecule has 0 spiro atoms. The molecule has 1 unspecified atom stereocenters. The second-order valence-electron chi connectivity index (χ2n) is 4.18. The molecule has 0 bridgehead atoms. The van der Waals surface area contributed by atoms with Gasteiger partial charge >= 0.3 is 12.1 Å². The Hall–Kier alpha value is -1.83. The van der Waals surface area contributed by atoms with Gasteiger partial charge < -0.3 is 15.2 Å². The summed E-state index contributed by atoms with van der Waals surface area (Å²) in [5, 5.41) is 11.5. The Balaban J connectivity index is 2.36. The third kappa shape index (κ3) is 2.48. The zero-order chi connectivity index (χ0) is 14.1. The van der Waals surface area contributed by atoms with Gasteiger partial charge in [-0.2, -0.15) is 13.2 Å². The molecule has 2 N–H and O–H groups in total. The summed E-state index contributed by atoms with van der Waals surface area (Å²) in [7, 11) is 0. The minimum Gasteiger partial charge on any atom is -0.477 e. The molecule has 8 heteroatoms. The molecule has 0 amide bonds. The molecule has 2 rings (SSSR count). The first-order valence-electron chi connectivity index (χ1n) is 5.50. The van der Waals surface area contributed by atoms with Crippen molar-refractivity contribution in [2.45, 2.75) is 18.2 Å². The monoisotopic (exact) mass is 276 g/mol. The first-order valence-corrected chi connectivity index (χ1v) is 5.50. The van der Waals surface area contributed by atoms with Crippen molar-refractivity contribution in [1.82, 2.24) is 10.3 Å². The minimum absolute atomic E-state index is 0.148. The number of hydrogen-bond donors (Lipinski definition) is 2. The zero-order valence-corrected chi connectivity index (χ0v) is 9.70. The molecule has 5 nitrogen and oxygen atoms in total. The first kappa shape index (κ1) is 13.6. The van der Waals surface area contributed by atoms with E-state index in [-0.39, 0.29) is 13.0 Å². The van der Waals surface area contributed by atoms with Crippen LogP contribution in [0.2, 0.25) is 0 Å². The number of rotatable bonds is 3. The van der Waals surface area contributed by atoms with Crippen molar-refractivity contribution < 1.29 is 27.8 Å². The van der Waals surface area contributed by atoms with Crippen molar-refractivity contribution in [3.8, 4) is 5.88 Å². The van der Waals surface area contributed by atoms with E-state index in [4.69, 9.17) is 9.84 Å². The zero-order valence-electron chi connectivity index (χ0n) is 9.70. The normalized spacial score (nSPS) is 23.3. The van der Waals surface area contributed by atoms with Gasteiger partial charge in [0.05, 0.1) is 0 Å². The molecule has 19 heavy (non-hydrogen) atoms. The van der Waals surface area contributed by atoms with Gasteiger partial charge in [0.25, 0.3) is 0 Å². The fourth-order valence-electron chi connectivity index (χ4n) is 1.88. The number of aromatic nitrogens is 1. The van der Waals surface area contributed by atoms with Crippen molar-refractivity contribution in [3.63, 3.8) is 0 Å². The molecule has 0 radical (unpaired) electrons. The number of hydrogen-bond acceptors (Lipinski definition) is 4. The molecular weight excluding hydrogens is 265 g/mol. The van der Waals surface area contributed by atoms with E-state index in [9.17, 15) is 18.0 Å². The summed E-state index contributed by atoms with van der Waals surface area (Å²) < 4.78 is 44.2. The molecule has 1 aromatic rings. The molecule has 1 aliphatic heterocycles. The van der Waals surface area contributed by atoms with Crippen LogP contribution in [0.1, 0.15) is 16.8 Å². The van der Waals surface area contributed by atoms with Crippen LogP contribution in [-0.2, 0) is 0 Å². The lowest BCUT2D eigenvalue weighted by molar-refractivity contribution is -0.241. The van der Waals surface area contributed by atoms with Crippen molar-refractivity contribution in [2.75, 3.05) is 13.1 Å². The summed E-state index contributed by atoms with van der Waals surface area (Å²) >= 11 is 0. The molecule has 0 aromatic carbocycles. The number of carboxylic acid groups (broad SMARTS) is 1. The number of nitrogens with one attached hydrogen (secondary N) is 1. The SMILES string of the molecule is O=C(O)c1cccnc1OC1(C(F)(F)F)CCNC1. The van der Waals surface area contributed by atoms with Gasteiger partial charge in [0.15, 0.2) is 0 Å². The number of aromatic carboxylic acids is 1. The summed E-state index contributed by atoms with van der Waals surface area (Å²) in [6, 6.07) is 2.47. The maximum atomic E-state index is 13.1. The third-order valence-electron chi connectivity index (χ3n) is 2.93. The number of carboxylic acids is 1. The maximum absolute atomic E-state index is 13.1. The molecular formula is C11H11F3N2O3. The van der Waals surface area contributed by atoms with Crippen LogP contribution in [0.4, 0.5) is 13.2 Å². The van der Waals surface area contributed by atoms with Crippen LogP contribution < -0.4 is 10.1 Å². The summed E-state index contributed by atoms with van der Waals surface area (Å²) in [6.45, 7) is -0.277. The van der Waals surface area contributed by atoms with Crippen LogP contribution in [0, 0.1) is 0 Å². The highest BCUT2D eigenvalue weighted by Crippen LogP contribution is 2.39. The van der Waals surface area contributed by atoms with Gasteiger partial charge in [-0.25, -0.2) is 9.78 Å². The predicted molar refractivity (Wildman–Crippen MR) is 58.1 cm³/mol. The fraction of sp³-hybridized carbons (Fsp3) is 0.455. The van der Waals surface area contributed by atoms with E-state index >= 15 is 0 Å². The Bertz CT molecular complexity index is 484. The van der Waals surface area contributed by atoms with Crippen molar-refractivity contribution >= 4 is 5.97 Å². The van der Waals surface area contributed by atoms with Gasteiger partial charge in [0, 0.05) is 19.2 Å². The van der Waals surface area contributed by atoms with Gasteiger partial charge in [0.2, 0.25) is 11.5 Å². The van der Waals surface area contributed by atoms with Gasteiger partial charge in [0.1, 0.15) is 5.56 Å². The fourth-order valence-corrected chi connectivity index (χ4v) is 1.88. The van der Waals surface area contributed by atoms with Crippen LogP contribution in [0.3, 0.4) is 0 Å². The average molecular weight is 276 g/mol. The van der Waals surface area contributed by atoms with Gasteiger partial charge in [-0.15, -0.1) is 0 Å². The Morgan fingerprint density at radius 2 is 2.26 bits per heavy atom. The quantitative estimate of drug-likeness (QED) is 0.874. The third-order valence-corrected chi connectivity index (χ3v) is 2.93. The maximum Gasteiger partial charge on any atom is 0.429 e. The van der Waals surface area contributed by atoms with E-state index in [1.807, 2.05) is 0 Å². The molecule has 1 fully saturated rings. The van der Waals surface area contributed by atoms with Gasteiger partial charge in [-0.3, -0.25) is 0 Å². The highest BCUT2D eigenvalue weighted by Gasteiger charge is 2.59. The van der Waals surface area contributed by atoms with E-state index in [1.54, 1.807) is 0 Å². The summed E-state index contributed by atoms with van der Waals surface area (Å²) in [6.07, 6.45) is -3.70. The lowest BCUT2D eigenvalue weighted by Crippen LogP contribution is -2.52. The van der Waals surface area contributed by atoms with Gasteiger partial charge in [-0.1, -0.05) is 0 Å². The van der Waals surface area contributed by atoms with E-state index in [0.717, 1.165) is 6.07 Å². The van der Waals surface area contributed by atoms with Crippen molar-refractivity contribution in [2.24, 2.45) is 0 Å². The molecule has 2 heterocycles. The smallest absolute Gasteiger partial charge is 0.429 e. The van der Waals surface area contributed by atoms with Crippen LogP contribution in [0.25, 0.3) is 0 Å². The summed E-state index contributed by atoms with van der Waals surface area (Å²) in [4.78, 5) is 14.5. The molecule has 1 atom stereocenters. The van der Waals surface area contributed by atoms with Crippen molar-refractivity contribution in [1.29, 1.82) is 0 Å². The number of pyridine rings is 1. The number of halogens is 3.